The molecule has 5 heteroatoms. The smallest absolute Gasteiger partial charge is 0.335 e. The number of hydrogen-bond acceptors (Lipinski definition) is 4. The quantitative estimate of drug-likeness (QED) is 0.827. The number of hydrogen-bond donors (Lipinski definition) is 1. The van der Waals surface area contributed by atoms with E-state index in [4.69, 9.17) is 5.11 Å². The Hall–Kier alpha value is -1.59. The van der Waals surface area contributed by atoms with Gasteiger partial charge in [0.1, 0.15) is 0 Å². The molecule has 0 radical (unpaired) electrons. The highest BCUT2D eigenvalue weighted by Gasteiger charge is 2.07. The maximum atomic E-state index is 11.8. The Bertz CT molecular complexity index is 576. The van der Waals surface area contributed by atoms with Crippen molar-refractivity contribution in [2.75, 3.05) is 5.75 Å². The van der Waals surface area contributed by atoms with Crippen LogP contribution < -0.4 is 0 Å². The zero-order chi connectivity index (χ0) is 13.7. The molecule has 1 aromatic heterocycles. The van der Waals surface area contributed by atoms with Gasteiger partial charge in [-0.3, -0.25) is 4.79 Å². The molecule has 0 aliphatic carbocycles. The van der Waals surface area contributed by atoms with Crippen LogP contribution in [0.3, 0.4) is 0 Å². The number of benzene rings is 1. The van der Waals surface area contributed by atoms with E-state index in [1.54, 1.807) is 18.2 Å². The number of carbonyl (C=O) groups excluding carboxylic acids is 1. The first kappa shape index (κ1) is 13.8. The van der Waals surface area contributed by atoms with Gasteiger partial charge in [-0.15, -0.1) is 23.1 Å². The van der Waals surface area contributed by atoms with Crippen molar-refractivity contribution < 1.29 is 14.7 Å². The molecule has 98 valence electrons. The summed E-state index contributed by atoms with van der Waals surface area (Å²) < 4.78 is 0. The number of carbonyl (C=O) groups is 2. The number of thiophene rings is 1. The molecule has 0 saturated carbocycles. The lowest BCUT2D eigenvalue weighted by Crippen LogP contribution is -2.00. The van der Waals surface area contributed by atoms with Gasteiger partial charge < -0.3 is 5.11 Å². The van der Waals surface area contributed by atoms with Crippen LogP contribution in [-0.2, 0) is 5.75 Å². The molecular formula is C14H12O3S2. The largest absolute Gasteiger partial charge is 0.478 e. The van der Waals surface area contributed by atoms with E-state index >= 15 is 0 Å². The summed E-state index contributed by atoms with van der Waals surface area (Å²) in [4.78, 5) is 23.4. The fourth-order valence-corrected chi connectivity index (χ4v) is 3.18. The summed E-state index contributed by atoms with van der Waals surface area (Å²) in [5, 5.41) is 10.8. The van der Waals surface area contributed by atoms with Gasteiger partial charge in [-0.25, -0.2) is 4.79 Å². The van der Waals surface area contributed by atoms with E-state index in [1.807, 2.05) is 23.6 Å². The molecule has 0 fully saturated rings. The van der Waals surface area contributed by atoms with Gasteiger partial charge in [0.05, 0.1) is 16.2 Å². The molecule has 0 bridgehead atoms. The highest BCUT2D eigenvalue weighted by Crippen LogP contribution is 2.17. The van der Waals surface area contributed by atoms with Crippen LogP contribution in [0.2, 0.25) is 0 Å². The lowest BCUT2D eigenvalue weighted by molar-refractivity contribution is 0.0696. The van der Waals surface area contributed by atoms with E-state index in [0.717, 1.165) is 10.4 Å². The first-order chi connectivity index (χ1) is 9.16. The second-order valence-corrected chi connectivity index (χ2v) is 5.83. The lowest BCUT2D eigenvalue weighted by atomic mass is 10.1. The van der Waals surface area contributed by atoms with E-state index in [1.165, 1.54) is 23.1 Å². The molecule has 1 heterocycles. The van der Waals surface area contributed by atoms with Crippen LogP contribution in [-0.4, -0.2) is 22.6 Å². The Morgan fingerprint density at radius 3 is 2.74 bits per heavy atom. The Kier molecular flexibility index (Phi) is 4.76. The van der Waals surface area contributed by atoms with Crippen molar-refractivity contribution in [2.45, 2.75) is 5.75 Å². The van der Waals surface area contributed by atoms with Crippen LogP contribution in [0.4, 0.5) is 0 Å². The number of ketones is 1. The summed E-state index contributed by atoms with van der Waals surface area (Å²) in [6.07, 6.45) is 0. The van der Waals surface area contributed by atoms with Crippen molar-refractivity contribution in [1.82, 2.24) is 0 Å². The normalized spacial score (nSPS) is 10.3. The van der Waals surface area contributed by atoms with Crippen molar-refractivity contribution in [3.05, 3.63) is 57.8 Å². The second kappa shape index (κ2) is 6.54. The first-order valence-corrected chi connectivity index (χ1v) is 7.67. The maximum Gasteiger partial charge on any atom is 0.335 e. The Morgan fingerprint density at radius 2 is 2.05 bits per heavy atom. The van der Waals surface area contributed by atoms with Crippen molar-refractivity contribution in [3.63, 3.8) is 0 Å². The number of thioether (sulfide) groups is 1. The van der Waals surface area contributed by atoms with Gasteiger partial charge >= 0.3 is 5.97 Å². The van der Waals surface area contributed by atoms with Gasteiger partial charge in [0.15, 0.2) is 5.78 Å². The molecule has 0 aliphatic rings. The van der Waals surface area contributed by atoms with Gasteiger partial charge in [0, 0.05) is 5.75 Å². The third kappa shape index (κ3) is 3.94. The fraction of sp³-hybridized carbons (Fsp3) is 0.143. The minimum absolute atomic E-state index is 0.120. The second-order valence-electron chi connectivity index (χ2n) is 3.90. The van der Waals surface area contributed by atoms with E-state index < -0.39 is 5.97 Å². The molecule has 0 saturated heterocycles. The Balaban J connectivity index is 1.87. The summed E-state index contributed by atoms with van der Waals surface area (Å²) in [6.45, 7) is 0. The predicted molar refractivity (Wildman–Crippen MR) is 78.2 cm³/mol. The first-order valence-electron chi connectivity index (χ1n) is 5.63. The van der Waals surface area contributed by atoms with Crippen molar-refractivity contribution in [1.29, 1.82) is 0 Å². The minimum atomic E-state index is -0.929. The highest BCUT2D eigenvalue weighted by molar-refractivity contribution is 7.99. The third-order valence-electron chi connectivity index (χ3n) is 2.47. The van der Waals surface area contributed by atoms with E-state index in [-0.39, 0.29) is 11.3 Å². The molecule has 0 amide bonds. The van der Waals surface area contributed by atoms with Crippen LogP contribution in [0, 0.1) is 0 Å². The molecule has 0 unspecified atom stereocenters. The van der Waals surface area contributed by atoms with Crippen LogP contribution in [0.5, 0.6) is 0 Å². The average Bonchev–Trinajstić information content (AvgIpc) is 2.93. The molecule has 1 aromatic carbocycles. The zero-order valence-corrected chi connectivity index (χ0v) is 11.7. The van der Waals surface area contributed by atoms with E-state index in [0.29, 0.717) is 11.5 Å². The van der Waals surface area contributed by atoms with Crippen LogP contribution in [0.15, 0.2) is 41.8 Å². The van der Waals surface area contributed by atoms with E-state index in [9.17, 15) is 9.59 Å². The molecule has 0 atom stereocenters. The van der Waals surface area contributed by atoms with Gasteiger partial charge in [-0.05, 0) is 29.1 Å². The number of carboxylic acid groups (broad SMARTS) is 1. The fourth-order valence-electron chi connectivity index (χ4n) is 1.56. The number of carboxylic acids is 1. The summed E-state index contributed by atoms with van der Waals surface area (Å²) in [7, 11) is 0. The van der Waals surface area contributed by atoms with Crippen LogP contribution >= 0.6 is 23.1 Å². The monoisotopic (exact) mass is 292 g/mol. The summed E-state index contributed by atoms with van der Waals surface area (Å²) in [5.41, 5.74) is 1.20. The summed E-state index contributed by atoms with van der Waals surface area (Å²) in [5.74, 6) is 0.242. The molecule has 3 nitrogen and oxygen atoms in total. The summed E-state index contributed by atoms with van der Waals surface area (Å²) in [6, 6.07) is 10.5. The molecule has 0 aliphatic heterocycles. The number of Topliss-reactive ketones (excluding diaryl/α,β-unsaturated/α-hetero) is 1. The predicted octanol–water partition coefficient (Wildman–Crippen LogP) is 3.56. The molecule has 1 N–H and O–H groups in total. The highest BCUT2D eigenvalue weighted by atomic mass is 32.2. The SMILES string of the molecule is O=C(O)c1cccc(CSCC(=O)c2cccs2)c1. The average molecular weight is 292 g/mol. The van der Waals surface area contributed by atoms with Gasteiger partial charge in [0.2, 0.25) is 0 Å². The topological polar surface area (TPSA) is 54.4 Å². The standard InChI is InChI=1S/C14H12O3S2/c15-12(13-5-2-6-19-13)9-18-8-10-3-1-4-11(7-10)14(16)17/h1-7H,8-9H2,(H,16,17). The van der Waals surface area contributed by atoms with Gasteiger partial charge in [0.25, 0.3) is 0 Å². The van der Waals surface area contributed by atoms with Crippen molar-refractivity contribution in [2.24, 2.45) is 0 Å². The third-order valence-corrected chi connectivity index (χ3v) is 4.39. The molecule has 2 aromatic rings. The van der Waals surface area contributed by atoms with Gasteiger partial charge in [-0.1, -0.05) is 18.2 Å². The molecule has 19 heavy (non-hydrogen) atoms. The number of aromatic carboxylic acids is 1. The zero-order valence-electron chi connectivity index (χ0n) is 10.0. The Labute approximate surface area is 119 Å². The maximum absolute atomic E-state index is 11.8. The molecule has 2 rings (SSSR count). The molecular weight excluding hydrogens is 280 g/mol. The Morgan fingerprint density at radius 1 is 1.21 bits per heavy atom. The number of rotatable bonds is 6. The minimum Gasteiger partial charge on any atom is -0.478 e. The molecule has 0 spiro atoms. The lowest BCUT2D eigenvalue weighted by Gasteiger charge is -2.02. The van der Waals surface area contributed by atoms with Crippen LogP contribution in [0.25, 0.3) is 0 Å². The van der Waals surface area contributed by atoms with Crippen LogP contribution in [0.1, 0.15) is 25.6 Å². The summed E-state index contributed by atoms with van der Waals surface area (Å²) >= 11 is 2.94. The van der Waals surface area contributed by atoms with Crippen molar-refractivity contribution >= 4 is 34.9 Å². The van der Waals surface area contributed by atoms with E-state index in [2.05, 4.69) is 0 Å². The van der Waals surface area contributed by atoms with Crippen molar-refractivity contribution in [3.8, 4) is 0 Å². The van der Waals surface area contributed by atoms with Gasteiger partial charge in [-0.2, -0.15) is 0 Å².